The predicted octanol–water partition coefficient (Wildman–Crippen LogP) is -0.901. The number of esters is 1. The van der Waals surface area contributed by atoms with Gasteiger partial charge in [-0.05, 0) is 0 Å². The quantitative estimate of drug-likeness (QED) is 0.345. The lowest BCUT2D eigenvalue weighted by atomic mass is 10.4. The Bertz CT molecular complexity index is 299. The normalized spacial score (nSPS) is 20.6. The van der Waals surface area contributed by atoms with Gasteiger partial charge >= 0.3 is 5.97 Å². The van der Waals surface area contributed by atoms with Crippen molar-refractivity contribution in [3.05, 3.63) is 12.2 Å². The van der Waals surface area contributed by atoms with Crippen LogP contribution in [0.15, 0.2) is 12.2 Å². The smallest absolute Gasteiger partial charge is 0.330 e. The molecule has 1 aliphatic rings. The summed E-state index contributed by atoms with van der Waals surface area (Å²) in [6.45, 7) is 0.662. The maximum Gasteiger partial charge on any atom is 0.330 e. The Morgan fingerprint density at radius 1 is 1.47 bits per heavy atom. The Balaban J connectivity index is 2.56. The fourth-order valence-corrected chi connectivity index (χ4v) is 1.14. The molecule has 1 rings (SSSR count). The van der Waals surface area contributed by atoms with Crippen LogP contribution in [0.5, 0.6) is 0 Å². The van der Waals surface area contributed by atoms with Gasteiger partial charge in [-0.3, -0.25) is 9.59 Å². The summed E-state index contributed by atoms with van der Waals surface area (Å²) in [5, 5.41) is 0. The van der Waals surface area contributed by atoms with E-state index in [2.05, 4.69) is 4.74 Å². The fraction of sp³-hybridized carbons (Fsp3) is 0.444. The van der Waals surface area contributed by atoms with Gasteiger partial charge in [-0.2, -0.15) is 0 Å². The molecule has 1 saturated heterocycles. The molecule has 1 atom stereocenters. The number of hydrogen-bond donors (Lipinski definition) is 0. The summed E-state index contributed by atoms with van der Waals surface area (Å²) >= 11 is 0. The highest BCUT2D eigenvalue weighted by molar-refractivity contribution is 5.95. The Morgan fingerprint density at radius 3 is 2.80 bits per heavy atom. The third kappa shape index (κ3) is 2.88. The van der Waals surface area contributed by atoms with Crippen molar-refractivity contribution >= 4 is 18.2 Å². The SMILES string of the molecule is COC(=O)/C=C/C(=O)N1CCOC1C=O. The molecule has 1 heterocycles. The van der Waals surface area contributed by atoms with E-state index in [0.29, 0.717) is 19.4 Å². The summed E-state index contributed by atoms with van der Waals surface area (Å²) in [7, 11) is 1.21. The molecule has 0 aliphatic carbocycles. The molecule has 6 heteroatoms. The van der Waals surface area contributed by atoms with E-state index in [0.717, 1.165) is 12.2 Å². The van der Waals surface area contributed by atoms with Crippen molar-refractivity contribution in [2.45, 2.75) is 6.23 Å². The highest BCUT2D eigenvalue weighted by atomic mass is 16.5. The molecule has 0 N–H and O–H groups in total. The summed E-state index contributed by atoms with van der Waals surface area (Å²) in [5.74, 6) is -1.07. The van der Waals surface area contributed by atoms with Gasteiger partial charge in [-0.1, -0.05) is 0 Å². The first-order valence-electron chi connectivity index (χ1n) is 4.32. The van der Waals surface area contributed by atoms with Crippen molar-refractivity contribution in [1.29, 1.82) is 0 Å². The maximum atomic E-state index is 11.4. The number of carbonyl (C=O) groups is 3. The van der Waals surface area contributed by atoms with Gasteiger partial charge < -0.3 is 14.4 Å². The van der Waals surface area contributed by atoms with E-state index in [4.69, 9.17) is 4.74 Å². The van der Waals surface area contributed by atoms with Crippen LogP contribution in [0.25, 0.3) is 0 Å². The van der Waals surface area contributed by atoms with Gasteiger partial charge in [0, 0.05) is 18.7 Å². The van der Waals surface area contributed by atoms with Crippen LogP contribution in [0.4, 0.5) is 0 Å². The summed E-state index contributed by atoms with van der Waals surface area (Å²) in [6, 6.07) is 0. The van der Waals surface area contributed by atoms with Crippen LogP contribution in [0.2, 0.25) is 0 Å². The van der Waals surface area contributed by atoms with E-state index >= 15 is 0 Å². The van der Waals surface area contributed by atoms with Crippen molar-refractivity contribution in [2.75, 3.05) is 20.3 Å². The highest BCUT2D eigenvalue weighted by Crippen LogP contribution is 2.08. The average molecular weight is 213 g/mol. The van der Waals surface area contributed by atoms with Crippen molar-refractivity contribution in [3.8, 4) is 0 Å². The Morgan fingerprint density at radius 2 is 2.20 bits per heavy atom. The first kappa shape index (κ1) is 11.4. The Hall–Kier alpha value is -1.69. The molecule has 15 heavy (non-hydrogen) atoms. The van der Waals surface area contributed by atoms with Crippen LogP contribution < -0.4 is 0 Å². The first-order valence-corrected chi connectivity index (χ1v) is 4.32. The minimum absolute atomic E-state index is 0.321. The largest absolute Gasteiger partial charge is 0.466 e. The first-order chi connectivity index (χ1) is 7.19. The molecule has 0 aromatic rings. The molecular formula is C9H11NO5. The molecule has 0 aromatic heterocycles. The van der Waals surface area contributed by atoms with Crippen molar-refractivity contribution < 1.29 is 23.9 Å². The number of carbonyl (C=O) groups excluding carboxylic acids is 3. The molecule has 0 saturated carbocycles. The molecule has 1 aliphatic heterocycles. The topological polar surface area (TPSA) is 72.9 Å². The van der Waals surface area contributed by atoms with E-state index in [1.165, 1.54) is 12.0 Å². The zero-order valence-electron chi connectivity index (χ0n) is 8.21. The number of rotatable bonds is 3. The van der Waals surface area contributed by atoms with Crippen molar-refractivity contribution in [1.82, 2.24) is 4.90 Å². The summed E-state index contributed by atoms with van der Waals surface area (Å²) in [4.78, 5) is 33.8. The number of methoxy groups -OCH3 is 1. The predicted molar refractivity (Wildman–Crippen MR) is 48.7 cm³/mol. The van der Waals surface area contributed by atoms with Crippen LogP contribution in [-0.4, -0.2) is 49.6 Å². The molecule has 1 unspecified atom stereocenters. The molecule has 82 valence electrons. The van der Waals surface area contributed by atoms with E-state index in [-0.39, 0.29) is 0 Å². The van der Waals surface area contributed by atoms with E-state index in [1.54, 1.807) is 0 Å². The zero-order chi connectivity index (χ0) is 11.3. The van der Waals surface area contributed by atoms with Crippen LogP contribution in [0.1, 0.15) is 0 Å². The van der Waals surface area contributed by atoms with Gasteiger partial charge in [0.25, 0.3) is 0 Å². The van der Waals surface area contributed by atoms with Crippen LogP contribution in [-0.2, 0) is 23.9 Å². The molecule has 0 aromatic carbocycles. The third-order valence-electron chi connectivity index (χ3n) is 1.89. The lowest BCUT2D eigenvalue weighted by Gasteiger charge is -2.15. The number of aldehydes is 1. The van der Waals surface area contributed by atoms with Gasteiger partial charge in [0.05, 0.1) is 13.7 Å². The van der Waals surface area contributed by atoms with Gasteiger partial charge in [0.15, 0.2) is 12.5 Å². The zero-order valence-corrected chi connectivity index (χ0v) is 8.21. The fourth-order valence-electron chi connectivity index (χ4n) is 1.14. The standard InChI is InChI=1S/C9H11NO5/c1-14-9(13)3-2-7(12)10-4-5-15-8(10)6-11/h2-3,6,8H,4-5H2,1H3/b3-2+. The second kappa shape index (κ2) is 5.26. The lowest BCUT2D eigenvalue weighted by Crippen LogP contribution is -2.36. The minimum atomic E-state index is -0.847. The monoisotopic (exact) mass is 213 g/mol. The van der Waals surface area contributed by atoms with Crippen molar-refractivity contribution in [2.24, 2.45) is 0 Å². The summed E-state index contributed by atoms with van der Waals surface area (Å²) in [5.41, 5.74) is 0. The minimum Gasteiger partial charge on any atom is -0.466 e. The molecule has 0 radical (unpaired) electrons. The van der Waals surface area contributed by atoms with E-state index < -0.39 is 18.1 Å². The van der Waals surface area contributed by atoms with Crippen LogP contribution in [0.3, 0.4) is 0 Å². The number of nitrogens with zero attached hydrogens (tertiary/aromatic N) is 1. The Kier molecular flexibility index (Phi) is 3.99. The molecule has 6 nitrogen and oxygen atoms in total. The molecule has 1 amide bonds. The van der Waals surface area contributed by atoms with Gasteiger partial charge in [0.2, 0.25) is 5.91 Å². The van der Waals surface area contributed by atoms with Crippen LogP contribution >= 0.6 is 0 Å². The highest BCUT2D eigenvalue weighted by Gasteiger charge is 2.27. The molecule has 1 fully saturated rings. The van der Waals surface area contributed by atoms with Gasteiger partial charge in [0.1, 0.15) is 0 Å². The lowest BCUT2D eigenvalue weighted by molar-refractivity contribution is -0.137. The number of ether oxygens (including phenoxy) is 2. The summed E-state index contributed by atoms with van der Waals surface area (Å²) < 4.78 is 9.28. The summed E-state index contributed by atoms with van der Waals surface area (Å²) in [6.07, 6.45) is 1.75. The molecule has 0 bridgehead atoms. The Labute approximate surface area is 86.4 Å². The van der Waals surface area contributed by atoms with Crippen molar-refractivity contribution in [3.63, 3.8) is 0 Å². The second-order valence-corrected chi connectivity index (χ2v) is 2.79. The third-order valence-corrected chi connectivity index (χ3v) is 1.89. The average Bonchev–Trinajstić information content (AvgIpc) is 2.73. The van der Waals surface area contributed by atoms with E-state index in [1.807, 2.05) is 0 Å². The maximum absolute atomic E-state index is 11.4. The number of hydrogen-bond acceptors (Lipinski definition) is 5. The number of amides is 1. The van der Waals surface area contributed by atoms with E-state index in [9.17, 15) is 14.4 Å². The van der Waals surface area contributed by atoms with Gasteiger partial charge in [-0.15, -0.1) is 0 Å². The van der Waals surface area contributed by atoms with Gasteiger partial charge in [-0.25, -0.2) is 4.79 Å². The molecular weight excluding hydrogens is 202 g/mol. The molecule has 0 spiro atoms. The second-order valence-electron chi connectivity index (χ2n) is 2.79. The van der Waals surface area contributed by atoms with Crippen LogP contribution in [0, 0.1) is 0 Å².